The van der Waals surface area contributed by atoms with Crippen molar-refractivity contribution in [1.82, 2.24) is 0 Å². The lowest BCUT2D eigenvalue weighted by molar-refractivity contribution is -0.112. The third-order valence-electron chi connectivity index (χ3n) is 3.45. The lowest BCUT2D eigenvalue weighted by Gasteiger charge is -2.10. The van der Waals surface area contributed by atoms with Gasteiger partial charge in [0.2, 0.25) is 0 Å². The number of carbonyl (C=O) groups excluding carboxylic acids is 1. The number of para-hydroxylation sites is 1. The van der Waals surface area contributed by atoms with E-state index >= 15 is 0 Å². The normalized spacial score (nSPS) is 10.7. The number of anilines is 1. The quantitative estimate of drug-likeness (QED) is 0.312. The van der Waals surface area contributed by atoms with Crippen molar-refractivity contribution >= 4 is 55.5 Å². The highest BCUT2D eigenvalue weighted by Crippen LogP contribution is 2.35. The molecule has 6 nitrogen and oxygen atoms in total. The maximum atomic E-state index is 12.4. The summed E-state index contributed by atoms with van der Waals surface area (Å²) in [5.41, 5.74) is 0.431. The highest BCUT2D eigenvalue weighted by Gasteiger charge is 2.15. The van der Waals surface area contributed by atoms with Gasteiger partial charge in [-0.25, -0.2) is 4.79 Å². The van der Waals surface area contributed by atoms with Gasteiger partial charge in [0.25, 0.3) is 5.91 Å². The van der Waals surface area contributed by atoms with Crippen LogP contribution in [0.15, 0.2) is 63.6 Å². The molecule has 0 atom stereocenters. The van der Waals surface area contributed by atoms with Crippen molar-refractivity contribution in [1.29, 1.82) is 5.26 Å². The molecule has 142 valence electrons. The molecule has 0 unspecified atom stereocenters. The van der Waals surface area contributed by atoms with Crippen LogP contribution in [0.1, 0.15) is 15.9 Å². The molecule has 0 aromatic heterocycles. The molecular formula is C20H14Br2N2O4. The third kappa shape index (κ3) is 5.31. The molecule has 0 aliphatic heterocycles. The van der Waals surface area contributed by atoms with Gasteiger partial charge in [-0.05, 0) is 67.8 Å². The first-order valence-electron chi connectivity index (χ1n) is 7.85. The van der Waals surface area contributed by atoms with Crippen LogP contribution in [0, 0.1) is 11.3 Å². The van der Waals surface area contributed by atoms with Gasteiger partial charge in [-0.15, -0.1) is 0 Å². The Bertz CT molecular complexity index is 987. The number of hydrogen-bond acceptors (Lipinski definition) is 4. The van der Waals surface area contributed by atoms with Gasteiger partial charge in [-0.2, -0.15) is 5.26 Å². The molecule has 8 heteroatoms. The summed E-state index contributed by atoms with van der Waals surface area (Å²) in [5.74, 6) is -1.33. The Balaban J connectivity index is 2.31. The van der Waals surface area contributed by atoms with E-state index in [1.54, 1.807) is 30.3 Å². The summed E-state index contributed by atoms with van der Waals surface area (Å²) >= 11 is 6.78. The van der Waals surface area contributed by atoms with E-state index in [0.29, 0.717) is 26.9 Å². The zero-order valence-electron chi connectivity index (χ0n) is 14.4. The number of ether oxygens (including phenoxy) is 1. The second-order valence-corrected chi connectivity index (χ2v) is 7.10. The van der Waals surface area contributed by atoms with Crippen LogP contribution in [-0.2, 0) is 4.79 Å². The Morgan fingerprint density at radius 3 is 2.46 bits per heavy atom. The molecule has 0 fully saturated rings. The second-order valence-electron chi connectivity index (χ2n) is 5.39. The number of nitrogens with one attached hydrogen (secondary N) is 1. The van der Waals surface area contributed by atoms with Gasteiger partial charge in [-0.3, -0.25) is 4.79 Å². The van der Waals surface area contributed by atoms with E-state index in [2.05, 4.69) is 43.8 Å². The molecule has 2 N–H and O–H groups in total. The van der Waals surface area contributed by atoms with Crippen LogP contribution in [0.25, 0.3) is 6.08 Å². The van der Waals surface area contributed by atoms with E-state index in [9.17, 15) is 20.0 Å². The summed E-state index contributed by atoms with van der Waals surface area (Å²) in [4.78, 5) is 23.7. The number of hydrogen-bond donors (Lipinski definition) is 2. The largest absolute Gasteiger partial charge is 0.487 e. The fourth-order valence-corrected chi connectivity index (χ4v) is 3.68. The Morgan fingerprint density at radius 1 is 1.25 bits per heavy atom. The van der Waals surface area contributed by atoms with E-state index in [-0.39, 0.29) is 16.8 Å². The minimum atomic E-state index is -1.18. The van der Waals surface area contributed by atoms with Crippen molar-refractivity contribution in [2.75, 3.05) is 11.9 Å². The first-order chi connectivity index (χ1) is 13.4. The average Bonchev–Trinajstić information content (AvgIpc) is 2.65. The standard InChI is InChI=1S/C20H14Br2N2O4/c1-2-7-28-18-15(21)9-12(10-16(18)22)8-13(11-23)19(25)24-17-6-4-3-5-14(17)20(26)27/h2-6,8-10H,1,7H2,(H,24,25)(H,26,27). The Morgan fingerprint density at radius 2 is 1.89 bits per heavy atom. The Hall–Kier alpha value is -2.89. The van der Waals surface area contributed by atoms with Gasteiger partial charge in [0.1, 0.15) is 24.0 Å². The first kappa shape index (κ1) is 21.4. The molecular weight excluding hydrogens is 492 g/mol. The minimum absolute atomic E-state index is 0.0673. The van der Waals surface area contributed by atoms with E-state index in [1.807, 2.05) is 6.07 Å². The number of carboxylic acids is 1. The molecule has 28 heavy (non-hydrogen) atoms. The topological polar surface area (TPSA) is 99.4 Å². The number of carbonyl (C=O) groups is 2. The van der Waals surface area contributed by atoms with E-state index in [4.69, 9.17) is 4.74 Å². The number of aromatic carboxylic acids is 1. The van der Waals surface area contributed by atoms with Gasteiger partial charge in [-0.1, -0.05) is 24.8 Å². The van der Waals surface area contributed by atoms with Crippen LogP contribution in [0.5, 0.6) is 5.75 Å². The Labute approximate surface area is 178 Å². The minimum Gasteiger partial charge on any atom is -0.487 e. The van der Waals surface area contributed by atoms with E-state index in [1.165, 1.54) is 18.2 Å². The summed E-state index contributed by atoms with van der Waals surface area (Å²) in [5, 5.41) is 21.0. The molecule has 2 aromatic carbocycles. The fourth-order valence-electron chi connectivity index (χ4n) is 2.23. The molecule has 0 saturated heterocycles. The predicted octanol–water partition coefficient (Wildman–Crippen LogP) is 5.02. The average molecular weight is 506 g/mol. The van der Waals surface area contributed by atoms with Crippen molar-refractivity contribution in [2.24, 2.45) is 0 Å². The number of nitrogens with zero attached hydrogens (tertiary/aromatic N) is 1. The predicted molar refractivity (Wildman–Crippen MR) is 113 cm³/mol. The van der Waals surface area contributed by atoms with Crippen molar-refractivity contribution in [3.63, 3.8) is 0 Å². The van der Waals surface area contributed by atoms with Crippen molar-refractivity contribution in [2.45, 2.75) is 0 Å². The number of benzene rings is 2. The number of halogens is 2. The van der Waals surface area contributed by atoms with Gasteiger partial charge in [0.05, 0.1) is 20.2 Å². The summed E-state index contributed by atoms with van der Waals surface area (Å²) in [6.07, 6.45) is 3.01. The van der Waals surface area contributed by atoms with E-state index in [0.717, 1.165) is 0 Å². The van der Waals surface area contributed by atoms with Crippen LogP contribution in [0.3, 0.4) is 0 Å². The van der Waals surface area contributed by atoms with Crippen LogP contribution >= 0.6 is 31.9 Å². The molecule has 0 saturated carbocycles. The van der Waals surface area contributed by atoms with Gasteiger partial charge >= 0.3 is 5.97 Å². The summed E-state index contributed by atoms with van der Waals surface area (Å²) in [6.45, 7) is 3.91. The SMILES string of the molecule is C=CCOc1c(Br)cc(C=C(C#N)C(=O)Nc2ccccc2C(=O)O)cc1Br. The number of rotatable bonds is 7. The lowest BCUT2D eigenvalue weighted by Crippen LogP contribution is -2.16. The zero-order chi connectivity index (χ0) is 20.7. The molecule has 2 rings (SSSR count). The fraction of sp³-hybridized carbons (Fsp3) is 0.0500. The molecule has 0 heterocycles. The van der Waals surface area contributed by atoms with Gasteiger partial charge < -0.3 is 15.2 Å². The lowest BCUT2D eigenvalue weighted by atomic mass is 10.1. The maximum absolute atomic E-state index is 12.4. The molecule has 0 bridgehead atoms. The number of amides is 1. The molecule has 0 aliphatic carbocycles. The molecule has 0 spiro atoms. The second kappa shape index (κ2) is 9.88. The summed E-state index contributed by atoms with van der Waals surface area (Å²) in [7, 11) is 0. The molecule has 1 amide bonds. The van der Waals surface area contributed by atoms with Crippen LogP contribution in [0.4, 0.5) is 5.69 Å². The van der Waals surface area contributed by atoms with E-state index < -0.39 is 11.9 Å². The van der Waals surface area contributed by atoms with Crippen LogP contribution in [-0.4, -0.2) is 23.6 Å². The third-order valence-corrected chi connectivity index (χ3v) is 4.63. The Kier molecular flexibility index (Phi) is 7.55. The number of nitriles is 1. The van der Waals surface area contributed by atoms with Crippen molar-refractivity contribution < 1.29 is 19.4 Å². The van der Waals surface area contributed by atoms with Gasteiger partial charge in [0, 0.05) is 0 Å². The van der Waals surface area contributed by atoms with Gasteiger partial charge in [0.15, 0.2) is 0 Å². The summed E-state index contributed by atoms with van der Waals surface area (Å²) in [6, 6.07) is 11.2. The highest BCUT2D eigenvalue weighted by molar-refractivity contribution is 9.11. The van der Waals surface area contributed by atoms with Crippen molar-refractivity contribution in [3.8, 4) is 11.8 Å². The summed E-state index contributed by atoms with van der Waals surface area (Å²) < 4.78 is 6.79. The number of carboxylic acid groups (broad SMARTS) is 1. The van der Waals surface area contributed by atoms with Crippen LogP contribution < -0.4 is 10.1 Å². The smallest absolute Gasteiger partial charge is 0.337 e. The first-order valence-corrected chi connectivity index (χ1v) is 9.44. The molecule has 0 aliphatic rings. The highest BCUT2D eigenvalue weighted by atomic mass is 79.9. The molecule has 2 aromatic rings. The maximum Gasteiger partial charge on any atom is 0.337 e. The van der Waals surface area contributed by atoms with Crippen LogP contribution in [0.2, 0.25) is 0 Å². The zero-order valence-corrected chi connectivity index (χ0v) is 17.6. The monoisotopic (exact) mass is 504 g/mol. The molecule has 0 radical (unpaired) electrons. The van der Waals surface area contributed by atoms with Crippen molar-refractivity contribution in [3.05, 3.63) is 74.7 Å².